The molecule has 10 heavy (non-hydrogen) atoms. The Morgan fingerprint density at radius 2 is 1.80 bits per heavy atom. The number of carboxylic acid groups (broad SMARTS) is 2. The van der Waals surface area contributed by atoms with Crippen molar-refractivity contribution in [3.63, 3.8) is 0 Å². The van der Waals surface area contributed by atoms with Crippen LogP contribution in [0.3, 0.4) is 0 Å². The van der Waals surface area contributed by atoms with Gasteiger partial charge in [0, 0.05) is 0 Å². The number of carboxylic acids is 2. The lowest BCUT2D eigenvalue weighted by Gasteiger charge is -1.99. The Bertz CT molecular complexity index is 137. The zero-order valence-corrected chi connectivity index (χ0v) is 5.80. The first-order valence-corrected chi connectivity index (χ1v) is 2.24. The van der Waals surface area contributed by atoms with Crippen LogP contribution in [0.4, 0.5) is 0 Å². The van der Waals surface area contributed by atoms with Gasteiger partial charge in [0.25, 0.3) is 0 Å². The Balaban J connectivity index is 0. The fourth-order valence-corrected chi connectivity index (χ4v) is 0.275. The fraction of sp³-hybridized carbons (Fsp3) is 0.500. The third-order valence-electron chi connectivity index (χ3n) is 0.712. The van der Waals surface area contributed by atoms with Gasteiger partial charge >= 0.3 is 11.9 Å². The van der Waals surface area contributed by atoms with Gasteiger partial charge in [-0.25, -0.2) is 0 Å². The molecular weight excluding hydrogens is 161 g/mol. The van der Waals surface area contributed by atoms with E-state index in [0.717, 1.165) is 0 Å². The molecule has 0 saturated heterocycles. The summed E-state index contributed by atoms with van der Waals surface area (Å²) in [5.41, 5.74) is 4.84. The second-order valence-corrected chi connectivity index (χ2v) is 1.54. The quantitative estimate of drug-likeness (QED) is 0.519. The lowest BCUT2D eigenvalue weighted by atomic mass is 10.2. The Morgan fingerprint density at radius 3 is 1.90 bits per heavy atom. The minimum absolute atomic E-state index is 0. The Morgan fingerprint density at radius 1 is 1.40 bits per heavy atom. The van der Waals surface area contributed by atoms with Gasteiger partial charge < -0.3 is 15.9 Å². The van der Waals surface area contributed by atoms with Crippen LogP contribution in [0.1, 0.15) is 6.42 Å². The molecule has 1 atom stereocenters. The molecule has 0 spiro atoms. The van der Waals surface area contributed by atoms with Gasteiger partial charge in [0.05, 0.1) is 6.42 Å². The first kappa shape index (κ1) is 11.9. The molecule has 0 fully saturated rings. The molecule has 0 aliphatic rings. The van der Waals surface area contributed by atoms with Gasteiger partial charge in [0.2, 0.25) is 0 Å². The third-order valence-corrected chi connectivity index (χ3v) is 0.712. The maximum atomic E-state index is 9.85. The van der Waals surface area contributed by atoms with Crippen molar-refractivity contribution in [3.8, 4) is 0 Å². The average molecular weight is 170 g/mol. The predicted octanol–water partition coefficient (Wildman–Crippen LogP) is -0.705. The van der Waals surface area contributed by atoms with Crippen molar-refractivity contribution in [1.82, 2.24) is 0 Å². The van der Waals surface area contributed by atoms with E-state index in [1.165, 1.54) is 0 Å². The fourth-order valence-electron chi connectivity index (χ4n) is 0.275. The molecule has 0 amide bonds. The summed E-state index contributed by atoms with van der Waals surface area (Å²) in [6.45, 7) is 0. The summed E-state index contributed by atoms with van der Waals surface area (Å²) < 4.78 is 0. The van der Waals surface area contributed by atoms with Crippen molar-refractivity contribution in [2.24, 2.45) is 5.73 Å². The van der Waals surface area contributed by atoms with E-state index in [9.17, 15) is 9.59 Å². The van der Waals surface area contributed by atoms with Crippen molar-refractivity contribution >= 4 is 24.3 Å². The molecule has 6 heteroatoms. The molecule has 0 aromatic rings. The molecule has 60 valence electrons. The van der Waals surface area contributed by atoms with E-state index < -0.39 is 24.4 Å². The van der Waals surface area contributed by atoms with E-state index in [4.69, 9.17) is 15.9 Å². The monoisotopic (exact) mass is 169 g/mol. The van der Waals surface area contributed by atoms with Crippen LogP contribution in [0.5, 0.6) is 0 Å². The highest BCUT2D eigenvalue weighted by molar-refractivity contribution is 5.85. The SMILES string of the molecule is Cl.N[C@@H](CC(=O)O)C(=O)O. The van der Waals surface area contributed by atoms with E-state index in [1.54, 1.807) is 0 Å². The van der Waals surface area contributed by atoms with Crippen LogP contribution in [0, 0.1) is 0 Å². The van der Waals surface area contributed by atoms with Crippen molar-refractivity contribution in [1.29, 1.82) is 0 Å². The Labute approximate surface area is 63.2 Å². The van der Waals surface area contributed by atoms with Gasteiger partial charge in [-0.05, 0) is 0 Å². The largest absolute Gasteiger partial charge is 0.481 e. The van der Waals surface area contributed by atoms with Crippen molar-refractivity contribution in [2.75, 3.05) is 0 Å². The first-order chi connectivity index (χ1) is 4.04. The zero-order chi connectivity index (χ0) is 7.44. The molecule has 5 nitrogen and oxygen atoms in total. The molecule has 0 aliphatic carbocycles. The molecule has 4 N–H and O–H groups in total. The number of hydrogen-bond acceptors (Lipinski definition) is 3. The topological polar surface area (TPSA) is 101 Å². The zero-order valence-electron chi connectivity index (χ0n) is 4.98. The Hall–Kier alpha value is -0.810. The predicted molar refractivity (Wildman–Crippen MR) is 35.1 cm³/mol. The summed E-state index contributed by atoms with van der Waals surface area (Å²) in [4.78, 5) is 19.6. The van der Waals surface area contributed by atoms with Crippen LogP contribution in [-0.4, -0.2) is 28.2 Å². The summed E-state index contributed by atoms with van der Waals surface area (Å²) >= 11 is 0. The Kier molecular flexibility index (Phi) is 5.98. The van der Waals surface area contributed by atoms with Crippen molar-refractivity contribution in [2.45, 2.75) is 12.5 Å². The molecule has 0 rings (SSSR count). The number of rotatable bonds is 3. The molecule has 0 bridgehead atoms. The molecule has 0 aromatic heterocycles. The minimum Gasteiger partial charge on any atom is -0.481 e. The molecule has 0 radical (unpaired) electrons. The smallest absolute Gasteiger partial charge is 0.321 e. The second-order valence-electron chi connectivity index (χ2n) is 1.54. The minimum atomic E-state index is -1.29. The van der Waals surface area contributed by atoms with Crippen LogP contribution >= 0.6 is 12.4 Å². The number of aliphatic carboxylic acids is 2. The van der Waals surface area contributed by atoms with Crippen LogP contribution in [0.25, 0.3) is 0 Å². The van der Waals surface area contributed by atoms with Crippen molar-refractivity contribution in [3.05, 3.63) is 0 Å². The highest BCUT2D eigenvalue weighted by Gasteiger charge is 2.14. The van der Waals surface area contributed by atoms with Gasteiger partial charge in [-0.2, -0.15) is 0 Å². The molecule has 0 aromatic carbocycles. The summed E-state index contributed by atoms with van der Waals surface area (Å²) in [7, 11) is 0. The van der Waals surface area contributed by atoms with E-state index in [1.807, 2.05) is 0 Å². The number of carbonyl (C=O) groups is 2. The van der Waals surface area contributed by atoms with E-state index in [-0.39, 0.29) is 12.4 Å². The number of halogens is 1. The van der Waals surface area contributed by atoms with E-state index in [0.29, 0.717) is 0 Å². The molecular formula is C4H8ClNO4. The lowest BCUT2D eigenvalue weighted by Crippen LogP contribution is -2.32. The molecule has 0 saturated carbocycles. The van der Waals surface area contributed by atoms with Crippen LogP contribution in [0.2, 0.25) is 0 Å². The number of nitrogens with two attached hydrogens (primary N) is 1. The molecule has 0 heterocycles. The van der Waals surface area contributed by atoms with Crippen LogP contribution in [0.15, 0.2) is 0 Å². The van der Waals surface area contributed by atoms with Gasteiger partial charge in [0.1, 0.15) is 6.04 Å². The maximum Gasteiger partial charge on any atom is 0.321 e. The van der Waals surface area contributed by atoms with Gasteiger partial charge in [-0.15, -0.1) is 12.4 Å². The summed E-state index contributed by atoms with van der Waals surface area (Å²) in [5, 5.41) is 16.0. The summed E-state index contributed by atoms with van der Waals surface area (Å²) in [6, 6.07) is -1.29. The highest BCUT2D eigenvalue weighted by atomic mass is 35.5. The van der Waals surface area contributed by atoms with Gasteiger partial charge in [-0.1, -0.05) is 0 Å². The normalized spacial score (nSPS) is 11.3. The maximum absolute atomic E-state index is 9.85. The van der Waals surface area contributed by atoms with Crippen LogP contribution < -0.4 is 5.73 Å². The summed E-state index contributed by atoms with van der Waals surface area (Å²) in [5.74, 6) is -2.50. The second kappa shape index (κ2) is 5.01. The van der Waals surface area contributed by atoms with E-state index >= 15 is 0 Å². The average Bonchev–Trinajstić information content (AvgIpc) is 1.63. The van der Waals surface area contributed by atoms with Crippen molar-refractivity contribution < 1.29 is 19.8 Å². The van der Waals surface area contributed by atoms with Gasteiger partial charge in [-0.3, -0.25) is 9.59 Å². The van der Waals surface area contributed by atoms with Gasteiger partial charge in [0.15, 0.2) is 0 Å². The molecule has 0 unspecified atom stereocenters. The van der Waals surface area contributed by atoms with Crippen LogP contribution in [-0.2, 0) is 9.59 Å². The summed E-state index contributed by atoms with van der Waals surface area (Å²) in [6.07, 6.45) is -0.532. The highest BCUT2D eigenvalue weighted by Crippen LogP contribution is 1.86. The van der Waals surface area contributed by atoms with E-state index in [2.05, 4.69) is 0 Å². The first-order valence-electron chi connectivity index (χ1n) is 2.24. The number of hydrogen-bond donors (Lipinski definition) is 3. The third kappa shape index (κ3) is 5.33. The lowest BCUT2D eigenvalue weighted by molar-refractivity contribution is -0.144. The standard InChI is InChI=1S/C4H7NO4.ClH/c5-2(4(8)9)1-3(6)7;/h2H,1,5H2,(H,6,7)(H,8,9);1H/t2-;/m0./s1. The molecule has 0 aliphatic heterocycles.